The van der Waals surface area contributed by atoms with Crippen LogP contribution in [0.15, 0.2) is 22.7 Å². The largest absolute Gasteiger partial charge is 0.311 e. The van der Waals surface area contributed by atoms with Crippen LogP contribution in [0.3, 0.4) is 0 Å². The molecule has 1 aliphatic heterocycles. The molecule has 3 heteroatoms. The third kappa shape index (κ3) is 3.09. The van der Waals surface area contributed by atoms with Gasteiger partial charge in [-0.25, -0.2) is 0 Å². The highest BCUT2D eigenvalue weighted by Crippen LogP contribution is 2.20. The third-order valence-corrected chi connectivity index (χ3v) is 4.61. The highest BCUT2D eigenvalue weighted by molar-refractivity contribution is 9.10. The summed E-state index contributed by atoms with van der Waals surface area (Å²) >= 11 is 3.61. The van der Waals surface area contributed by atoms with Gasteiger partial charge in [0, 0.05) is 29.6 Å². The van der Waals surface area contributed by atoms with Crippen LogP contribution < -0.4 is 5.32 Å². The Morgan fingerprint density at radius 3 is 2.88 bits per heavy atom. The summed E-state index contributed by atoms with van der Waals surface area (Å²) in [6, 6.07) is 7.85. The Bertz CT molecular complexity index is 382. The molecule has 0 amide bonds. The average molecular weight is 297 g/mol. The topological polar surface area (TPSA) is 15.3 Å². The average Bonchev–Trinajstić information content (AvgIpc) is 2.28. The van der Waals surface area contributed by atoms with E-state index in [2.05, 4.69) is 65.2 Å². The summed E-state index contributed by atoms with van der Waals surface area (Å²) in [6.45, 7) is 6.65. The van der Waals surface area contributed by atoms with Gasteiger partial charge in [0.1, 0.15) is 0 Å². The second-order valence-electron chi connectivity index (χ2n) is 5.08. The quantitative estimate of drug-likeness (QED) is 0.902. The molecule has 2 atom stereocenters. The second kappa shape index (κ2) is 5.51. The first-order valence-corrected chi connectivity index (χ1v) is 7.06. The molecule has 1 N–H and O–H groups in total. The fraction of sp³-hybridized carbons (Fsp3) is 0.571. The maximum atomic E-state index is 3.61. The predicted octanol–water partition coefficient (Wildman–Crippen LogP) is 2.59. The lowest BCUT2D eigenvalue weighted by Crippen LogP contribution is -2.55. The number of benzene rings is 1. The number of hydrogen-bond acceptors (Lipinski definition) is 2. The molecule has 2 rings (SSSR count). The van der Waals surface area contributed by atoms with E-state index < -0.39 is 0 Å². The van der Waals surface area contributed by atoms with Crippen LogP contribution in [0.2, 0.25) is 0 Å². The molecule has 0 saturated carbocycles. The van der Waals surface area contributed by atoms with Gasteiger partial charge in [-0.1, -0.05) is 28.1 Å². The van der Waals surface area contributed by atoms with E-state index in [0.717, 1.165) is 19.5 Å². The molecule has 2 nitrogen and oxygen atoms in total. The summed E-state index contributed by atoms with van der Waals surface area (Å²) in [7, 11) is 2.23. The fourth-order valence-electron chi connectivity index (χ4n) is 2.49. The molecule has 0 aromatic heterocycles. The standard InChI is InChI=1S/C14H21BrN2/c1-10-4-5-12(8-13(10)15)9-14-11(2)16-6-7-17(14)3/h4-5,8,11,14,16H,6-7,9H2,1-3H3. The molecule has 2 unspecified atom stereocenters. The SMILES string of the molecule is Cc1ccc(CC2C(C)NCCN2C)cc1Br. The Hall–Kier alpha value is -0.380. The number of piperazine rings is 1. The Kier molecular flexibility index (Phi) is 4.23. The molecule has 94 valence electrons. The second-order valence-corrected chi connectivity index (χ2v) is 5.93. The molecule has 17 heavy (non-hydrogen) atoms. The van der Waals surface area contributed by atoms with Gasteiger partial charge in [0.15, 0.2) is 0 Å². The highest BCUT2D eigenvalue weighted by Gasteiger charge is 2.25. The minimum atomic E-state index is 0.564. The van der Waals surface area contributed by atoms with E-state index in [4.69, 9.17) is 0 Å². The monoisotopic (exact) mass is 296 g/mol. The van der Waals surface area contributed by atoms with E-state index in [9.17, 15) is 0 Å². The molecule has 1 aromatic carbocycles. The molecular weight excluding hydrogens is 276 g/mol. The number of aryl methyl sites for hydroxylation is 1. The van der Waals surface area contributed by atoms with Crippen molar-refractivity contribution in [3.05, 3.63) is 33.8 Å². The van der Waals surface area contributed by atoms with Crippen LogP contribution in [0.25, 0.3) is 0 Å². The van der Waals surface area contributed by atoms with Crippen molar-refractivity contribution in [2.45, 2.75) is 32.4 Å². The summed E-state index contributed by atoms with van der Waals surface area (Å²) in [6.07, 6.45) is 1.11. The summed E-state index contributed by atoms with van der Waals surface area (Å²) in [4.78, 5) is 2.47. The normalized spacial score (nSPS) is 26.1. The van der Waals surface area contributed by atoms with Crippen molar-refractivity contribution in [1.29, 1.82) is 0 Å². The molecule has 1 aliphatic rings. The van der Waals surface area contributed by atoms with Gasteiger partial charge in [-0.2, -0.15) is 0 Å². The van der Waals surface area contributed by atoms with Gasteiger partial charge >= 0.3 is 0 Å². The van der Waals surface area contributed by atoms with Crippen LogP contribution >= 0.6 is 15.9 Å². The molecule has 1 saturated heterocycles. The van der Waals surface area contributed by atoms with Gasteiger partial charge in [0.2, 0.25) is 0 Å². The molecule has 0 radical (unpaired) electrons. The van der Waals surface area contributed by atoms with Crippen LogP contribution in [-0.4, -0.2) is 37.1 Å². The number of likely N-dealkylation sites (N-methyl/N-ethyl adjacent to an activating group) is 1. The van der Waals surface area contributed by atoms with Gasteiger partial charge < -0.3 is 10.2 Å². The predicted molar refractivity (Wildman–Crippen MR) is 76.5 cm³/mol. The zero-order valence-corrected chi connectivity index (χ0v) is 12.4. The van der Waals surface area contributed by atoms with Crippen LogP contribution in [0.1, 0.15) is 18.1 Å². The van der Waals surface area contributed by atoms with Gasteiger partial charge in [-0.05, 0) is 44.5 Å². The van der Waals surface area contributed by atoms with Crippen molar-refractivity contribution in [2.24, 2.45) is 0 Å². The molecule has 1 heterocycles. The Morgan fingerprint density at radius 2 is 2.24 bits per heavy atom. The van der Waals surface area contributed by atoms with E-state index in [1.807, 2.05) is 0 Å². The molecule has 0 aliphatic carbocycles. The summed E-state index contributed by atoms with van der Waals surface area (Å²) in [5.41, 5.74) is 2.71. The Balaban J connectivity index is 2.10. The maximum Gasteiger partial charge on any atom is 0.0284 e. The first-order chi connectivity index (χ1) is 8.08. The smallest absolute Gasteiger partial charge is 0.0284 e. The van der Waals surface area contributed by atoms with Gasteiger partial charge in [0.25, 0.3) is 0 Å². The van der Waals surface area contributed by atoms with Crippen molar-refractivity contribution in [3.63, 3.8) is 0 Å². The summed E-state index contributed by atoms with van der Waals surface area (Å²) in [5, 5.41) is 3.56. The van der Waals surface area contributed by atoms with E-state index >= 15 is 0 Å². The fourth-order valence-corrected chi connectivity index (χ4v) is 2.92. The van der Waals surface area contributed by atoms with Crippen molar-refractivity contribution in [2.75, 3.05) is 20.1 Å². The first kappa shape index (κ1) is 13.1. The zero-order valence-electron chi connectivity index (χ0n) is 10.8. The lowest BCUT2D eigenvalue weighted by atomic mass is 9.97. The van der Waals surface area contributed by atoms with Crippen LogP contribution in [0.4, 0.5) is 0 Å². The highest BCUT2D eigenvalue weighted by atomic mass is 79.9. The van der Waals surface area contributed by atoms with Crippen LogP contribution in [0, 0.1) is 6.92 Å². The third-order valence-electron chi connectivity index (χ3n) is 3.76. The molecule has 1 fully saturated rings. The van der Waals surface area contributed by atoms with Crippen LogP contribution in [0.5, 0.6) is 0 Å². The van der Waals surface area contributed by atoms with Crippen molar-refractivity contribution in [3.8, 4) is 0 Å². The first-order valence-electron chi connectivity index (χ1n) is 6.26. The molecule has 1 aromatic rings. The lowest BCUT2D eigenvalue weighted by Gasteiger charge is -2.38. The number of rotatable bonds is 2. The van der Waals surface area contributed by atoms with E-state index in [0.29, 0.717) is 12.1 Å². The Labute approximate surface area is 113 Å². The van der Waals surface area contributed by atoms with E-state index in [1.165, 1.54) is 15.6 Å². The van der Waals surface area contributed by atoms with Gasteiger partial charge in [-0.3, -0.25) is 0 Å². The zero-order chi connectivity index (χ0) is 12.4. The number of halogens is 1. The Morgan fingerprint density at radius 1 is 1.47 bits per heavy atom. The lowest BCUT2D eigenvalue weighted by molar-refractivity contribution is 0.157. The van der Waals surface area contributed by atoms with Crippen molar-refractivity contribution < 1.29 is 0 Å². The summed E-state index contributed by atoms with van der Waals surface area (Å²) in [5.74, 6) is 0. The number of hydrogen-bond donors (Lipinski definition) is 1. The molecular formula is C14H21BrN2. The van der Waals surface area contributed by atoms with E-state index in [1.54, 1.807) is 0 Å². The van der Waals surface area contributed by atoms with Crippen molar-refractivity contribution in [1.82, 2.24) is 10.2 Å². The molecule has 0 bridgehead atoms. The number of nitrogens with one attached hydrogen (secondary N) is 1. The van der Waals surface area contributed by atoms with E-state index in [-0.39, 0.29) is 0 Å². The minimum Gasteiger partial charge on any atom is -0.311 e. The van der Waals surface area contributed by atoms with Gasteiger partial charge in [0.05, 0.1) is 0 Å². The van der Waals surface area contributed by atoms with Crippen LogP contribution in [-0.2, 0) is 6.42 Å². The van der Waals surface area contributed by atoms with Crippen molar-refractivity contribution >= 4 is 15.9 Å². The summed E-state index contributed by atoms with van der Waals surface area (Å²) < 4.78 is 1.22. The molecule has 0 spiro atoms. The number of nitrogens with zero attached hydrogens (tertiary/aromatic N) is 1. The van der Waals surface area contributed by atoms with Gasteiger partial charge in [-0.15, -0.1) is 0 Å². The maximum absolute atomic E-state index is 3.61. The minimum absolute atomic E-state index is 0.564.